The monoisotopic (exact) mass is 392 g/mol. The molecule has 6 nitrogen and oxygen atoms in total. The van der Waals surface area contributed by atoms with Gasteiger partial charge in [-0.2, -0.15) is 0 Å². The minimum Gasteiger partial charge on any atom is -0.458 e. The first-order valence-electron chi connectivity index (χ1n) is 10.2. The Morgan fingerprint density at radius 3 is 2.54 bits per heavy atom. The number of hydrogen-bond acceptors (Lipinski definition) is 6. The molecule has 0 aromatic rings. The van der Waals surface area contributed by atoms with Gasteiger partial charge in [0, 0.05) is 12.5 Å². The number of aliphatic hydroxyl groups is 1. The SMILES string of the molecule is C=C1C(=O)O[C@]2(C)CC[C@@H]1C[C@@H](O)C(=C)[C@H]1CC[C@@](C)(CC[C@@H]2OC(C)=O)O1. The van der Waals surface area contributed by atoms with E-state index in [9.17, 15) is 14.7 Å². The Balaban J connectivity index is 1.97. The average Bonchev–Trinajstić information content (AvgIpc) is 2.97. The van der Waals surface area contributed by atoms with Gasteiger partial charge in [0.2, 0.25) is 0 Å². The second-order valence-corrected chi connectivity index (χ2v) is 9.02. The first-order valence-corrected chi connectivity index (χ1v) is 10.2. The van der Waals surface area contributed by atoms with Crippen LogP contribution in [0, 0.1) is 5.92 Å². The number of hydrogen-bond donors (Lipinski definition) is 1. The van der Waals surface area contributed by atoms with E-state index >= 15 is 0 Å². The number of fused-ring (bicyclic) bond motifs is 5. The lowest BCUT2D eigenvalue weighted by molar-refractivity contribution is -0.182. The van der Waals surface area contributed by atoms with Crippen LogP contribution in [0.5, 0.6) is 0 Å². The van der Waals surface area contributed by atoms with Crippen LogP contribution in [0.2, 0.25) is 0 Å². The van der Waals surface area contributed by atoms with E-state index in [1.54, 1.807) is 0 Å². The predicted molar refractivity (Wildman–Crippen MR) is 103 cm³/mol. The highest BCUT2D eigenvalue weighted by Gasteiger charge is 2.47. The molecule has 3 saturated heterocycles. The lowest BCUT2D eigenvalue weighted by Gasteiger charge is -2.37. The molecule has 4 bridgehead atoms. The van der Waals surface area contributed by atoms with Crippen molar-refractivity contribution in [2.45, 2.75) is 95.2 Å². The van der Waals surface area contributed by atoms with Crippen LogP contribution < -0.4 is 0 Å². The number of aliphatic hydroxyl groups excluding tert-OH is 1. The highest BCUT2D eigenvalue weighted by molar-refractivity contribution is 5.89. The number of carbonyl (C=O) groups is 2. The fourth-order valence-electron chi connectivity index (χ4n) is 4.72. The minimum absolute atomic E-state index is 0.205. The Labute approximate surface area is 166 Å². The summed E-state index contributed by atoms with van der Waals surface area (Å²) in [4.78, 5) is 24.4. The maximum Gasteiger partial charge on any atom is 0.334 e. The first-order chi connectivity index (χ1) is 13.0. The molecule has 0 saturated carbocycles. The third kappa shape index (κ3) is 4.18. The lowest BCUT2D eigenvalue weighted by Crippen LogP contribution is -2.46. The van der Waals surface area contributed by atoms with Gasteiger partial charge in [-0.15, -0.1) is 0 Å². The van der Waals surface area contributed by atoms with Gasteiger partial charge in [-0.05, 0) is 70.3 Å². The summed E-state index contributed by atoms with van der Waals surface area (Å²) in [5.41, 5.74) is -0.318. The molecule has 1 N–H and O–H groups in total. The zero-order valence-electron chi connectivity index (χ0n) is 17.2. The van der Waals surface area contributed by atoms with Crippen molar-refractivity contribution in [3.63, 3.8) is 0 Å². The summed E-state index contributed by atoms with van der Waals surface area (Å²) in [6.07, 6.45) is 2.78. The smallest absolute Gasteiger partial charge is 0.334 e. The van der Waals surface area contributed by atoms with Gasteiger partial charge in [0.05, 0.1) is 17.8 Å². The summed E-state index contributed by atoms with van der Waals surface area (Å²) in [5.74, 6) is -1.10. The van der Waals surface area contributed by atoms with Crippen LogP contribution in [-0.4, -0.2) is 46.6 Å². The number of rotatable bonds is 1. The van der Waals surface area contributed by atoms with Gasteiger partial charge >= 0.3 is 11.9 Å². The molecule has 3 rings (SSSR count). The second-order valence-electron chi connectivity index (χ2n) is 9.02. The van der Waals surface area contributed by atoms with E-state index in [-0.39, 0.29) is 12.0 Å². The van der Waals surface area contributed by atoms with Crippen LogP contribution >= 0.6 is 0 Å². The summed E-state index contributed by atoms with van der Waals surface area (Å²) >= 11 is 0. The highest BCUT2D eigenvalue weighted by atomic mass is 16.6. The van der Waals surface area contributed by atoms with Crippen LogP contribution in [0.25, 0.3) is 0 Å². The number of esters is 2. The second kappa shape index (κ2) is 7.64. The normalized spacial score (nSPS) is 42.1. The van der Waals surface area contributed by atoms with Crippen molar-refractivity contribution < 1.29 is 28.9 Å². The molecule has 3 heterocycles. The fraction of sp³-hybridized carbons (Fsp3) is 0.727. The van der Waals surface area contributed by atoms with Crippen molar-refractivity contribution in [3.8, 4) is 0 Å². The quantitative estimate of drug-likeness (QED) is 0.419. The Morgan fingerprint density at radius 2 is 1.86 bits per heavy atom. The van der Waals surface area contributed by atoms with Crippen LogP contribution in [0.1, 0.15) is 65.7 Å². The van der Waals surface area contributed by atoms with Gasteiger partial charge in [0.1, 0.15) is 11.7 Å². The molecule has 6 heteroatoms. The first kappa shape index (κ1) is 21.1. The molecule has 0 amide bonds. The van der Waals surface area contributed by atoms with E-state index in [0.717, 1.165) is 12.8 Å². The van der Waals surface area contributed by atoms with Gasteiger partial charge in [0.15, 0.2) is 0 Å². The molecule has 6 atom stereocenters. The van der Waals surface area contributed by atoms with Crippen LogP contribution in [0.3, 0.4) is 0 Å². The summed E-state index contributed by atoms with van der Waals surface area (Å²) in [6.45, 7) is 13.2. The topological polar surface area (TPSA) is 82.1 Å². The van der Waals surface area contributed by atoms with Gasteiger partial charge in [0.25, 0.3) is 0 Å². The van der Waals surface area contributed by atoms with Crippen LogP contribution in [0.4, 0.5) is 0 Å². The Kier molecular flexibility index (Phi) is 5.74. The molecule has 0 aromatic heterocycles. The van der Waals surface area contributed by atoms with Crippen LogP contribution in [-0.2, 0) is 23.8 Å². The largest absolute Gasteiger partial charge is 0.458 e. The number of carbonyl (C=O) groups excluding carboxylic acids is 2. The van der Waals surface area contributed by atoms with Gasteiger partial charge in [-0.3, -0.25) is 4.79 Å². The number of ether oxygens (including phenoxy) is 3. The molecule has 0 spiro atoms. The highest BCUT2D eigenvalue weighted by Crippen LogP contribution is 2.43. The van der Waals surface area contributed by atoms with Crippen molar-refractivity contribution in [2.24, 2.45) is 5.92 Å². The van der Waals surface area contributed by atoms with Gasteiger partial charge < -0.3 is 19.3 Å². The van der Waals surface area contributed by atoms with Crippen LogP contribution in [0.15, 0.2) is 24.3 Å². The zero-order chi connectivity index (χ0) is 20.7. The van der Waals surface area contributed by atoms with E-state index in [4.69, 9.17) is 14.2 Å². The molecular formula is C22H32O6. The molecule has 0 aliphatic carbocycles. The molecule has 3 aliphatic rings. The molecule has 28 heavy (non-hydrogen) atoms. The third-order valence-corrected chi connectivity index (χ3v) is 6.71. The fourth-order valence-corrected chi connectivity index (χ4v) is 4.72. The molecule has 3 aliphatic heterocycles. The third-order valence-electron chi connectivity index (χ3n) is 6.71. The Morgan fingerprint density at radius 1 is 1.18 bits per heavy atom. The summed E-state index contributed by atoms with van der Waals surface area (Å²) in [6, 6.07) is 0. The van der Waals surface area contributed by atoms with E-state index in [1.165, 1.54) is 6.92 Å². The predicted octanol–water partition coefficient (Wildman–Crippen LogP) is 3.22. The van der Waals surface area contributed by atoms with E-state index in [2.05, 4.69) is 13.2 Å². The van der Waals surface area contributed by atoms with Crippen molar-refractivity contribution >= 4 is 11.9 Å². The molecule has 3 fully saturated rings. The molecule has 0 aromatic carbocycles. The van der Waals surface area contributed by atoms with E-state index < -0.39 is 35.3 Å². The van der Waals surface area contributed by atoms with E-state index in [0.29, 0.717) is 43.3 Å². The minimum atomic E-state index is -0.940. The Hall–Kier alpha value is -1.66. The van der Waals surface area contributed by atoms with Gasteiger partial charge in [-0.25, -0.2) is 4.79 Å². The summed E-state index contributed by atoms with van der Waals surface area (Å²) in [7, 11) is 0. The maximum absolute atomic E-state index is 12.7. The van der Waals surface area contributed by atoms with Gasteiger partial charge in [-0.1, -0.05) is 13.2 Å². The molecular weight excluding hydrogens is 360 g/mol. The lowest BCUT2D eigenvalue weighted by atomic mass is 9.81. The van der Waals surface area contributed by atoms with E-state index in [1.807, 2.05) is 13.8 Å². The summed E-state index contributed by atoms with van der Waals surface area (Å²) in [5, 5.41) is 10.7. The van der Waals surface area contributed by atoms with Crippen molar-refractivity contribution in [1.29, 1.82) is 0 Å². The zero-order valence-corrected chi connectivity index (χ0v) is 17.2. The molecule has 0 unspecified atom stereocenters. The standard InChI is InChI=1S/C22H32O6/c1-13-16-6-11-22(5,28-20(13)25)19(26-15(3)23)8-10-21(4)9-7-18(27-21)14(2)17(24)12-16/h16-19,24H,1-2,6-12H2,3-5H3/t16-,17-,18-,19+,21+,22-/m1/s1. The molecule has 0 radical (unpaired) electrons. The molecule has 156 valence electrons. The average molecular weight is 392 g/mol. The van der Waals surface area contributed by atoms with Crippen molar-refractivity contribution in [1.82, 2.24) is 0 Å². The van der Waals surface area contributed by atoms with Crippen molar-refractivity contribution in [2.75, 3.05) is 0 Å². The summed E-state index contributed by atoms with van der Waals surface area (Å²) < 4.78 is 17.7. The van der Waals surface area contributed by atoms with Crippen molar-refractivity contribution in [3.05, 3.63) is 24.3 Å². The Bertz CT molecular complexity index is 685. The maximum atomic E-state index is 12.7.